The molecule has 0 fully saturated rings. The van der Waals surface area contributed by atoms with Crippen LogP contribution < -0.4 is 59.7 Å². The standard InChI is InChI=1S/C33H56N12O17/c1-13(47)24(31(60)42-17(5-7-22(51)52)29(58)41-18(6-8-23(53)54)30(59)45-25(14(2)48)32(61)62)44-21(50)11-39-27(56)19(10-20(35)49)43-28(57)16(4-3-9-38-33(36)37)40-26(55)15(34)12-46/h13-19,24-25,46-48H,3-12,34H2,1-2H3,(H2,35,49)(H,39,56)(H,40,55)(H,41,58)(H,42,60)(H,43,57)(H,44,50)(H,45,59)(H,51,52)(H,53,54)(H,61,62)(H4,36,37,38)/t13-,14-,15+,16+,17+,18+,19+,24+,25+/m1/s1. The molecule has 0 heterocycles. The molecule has 62 heavy (non-hydrogen) atoms. The van der Waals surface area contributed by atoms with Gasteiger partial charge in [0.2, 0.25) is 47.3 Å². The lowest BCUT2D eigenvalue weighted by Crippen LogP contribution is -2.60. The molecule has 0 saturated heterocycles. The minimum Gasteiger partial charge on any atom is -0.481 e. The zero-order chi connectivity index (χ0) is 47.9. The molecule has 0 radical (unpaired) electrons. The summed E-state index contributed by atoms with van der Waals surface area (Å²) in [6.45, 7) is 0.322. The quantitative estimate of drug-likeness (QED) is 0.0181. The number of hydrogen-bond donors (Lipinski definition) is 18. The number of carboxylic acid groups (broad SMARTS) is 3. The van der Waals surface area contributed by atoms with E-state index in [0.717, 1.165) is 13.8 Å². The molecule has 0 saturated carbocycles. The molecule has 0 bridgehead atoms. The number of aliphatic hydroxyl groups is 3. The number of nitrogens with two attached hydrogens (primary N) is 3. The minimum atomic E-state index is -1.93. The third kappa shape index (κ3) is 22.0. The highest BCUT2D eigenvalue weighted by atomic mass is 16.4. The zero-order valence-electron chi connectivity index (χ0n) is 33.7. The maximum atomic E-state index is 13.3. The zero-order valence-corrected chi connectivity index (χ0v) is 33.7. The number of aliphatic carboxylic acids is 3. The lowest BCUT2D eigenvalue weighted by molar-refractivity contribution is -0.145. The molecule has 0 aromatic rings. The summed E-state index contributed by atoms with van der Waals surface area (Å²) < 4.78 is 0. The lowest BCUT2D eigenvalue weighted by atomic mass is 10.1. The van der Waals surface area contributed by atoms with Crippen molar-refractivity contribution in [3.8, 4) is 0 Å². The van der Waals surface area contributed by atoms with Gasteiger partial charge in [-0.2, -0.15) is 0 Å². The Morgan fingerprint density at radius 1 is 0.581 bits per heavy atom. The summed E-state index contributed by atoms with van der Waals surface area (Å²) in [5, 5.41) is 81.4. The third-order valence-electron chi connectivity index (χ3n) is 8.30. The second-order valence-corrected chi connectivity index (χ2v) is 13.6. The Hall–Kier alpha value is -6.72. The molecule has 0 aromatic heterocycles. The van der Waals surface area contributed by atoms with Gasteiger partial charge in [-0.25, -0.2) is 4.79 Å². The number of carboxylic acids is 3. The first-order valence-electron chi connectivity index (χ1n) is 18.6. The van der Waals surface area contributed by atoms with E-state index in [-0.39, 0.29) is 25.3 Å². The van der Waals surface area contributed by atoms with Crippen LogP contribution in [-0.2, 0) is 52.7 Å². The van der Waals surface area contributed by atoms with Crippen molar-refractivity contribution < 1.29 is 83.4 Å². The average Bonchev–Trinajstić information content (AvgIpc) is 3.17. The Balaban J connectivity index is 6.08. The monoisotopic (exact) mass is 892 g/mol. The smallest absolute Gasteiger partial charge is 0.328 e. The van der Waals surface area contributed by atoms with Crippen molar-refractivity contribution >= 4 is 71.1 Å². The van der Waals surface area contributed by atoms with Gasteiger partial charge in [0.15, 0.2) is 12.0 Å². The summed E-state index contributed by atoms with van der Waals surface area (Å²) in [5.74, 6) is -14.3. The summed E-state index contributed by atoms with van der Waals surface area (Å²) in [6, 6.07) is -12.1. The molecule has 0 aliphatic heterocycles. The molecule has 8 amide bonds. The molecule has 0 aliphatic rings. The molecule has 0 spiro atoms. The Morgan fingerprint density at radius 2 is 1.03 bits per heavy atom. The summed E-state index contributed by atoms with van der Waals surface area (Å²) in [5.41, 5.74) is 16.0. The van der Waals surface area contributed by atoms with Crippen LogP contribution in [0.15, 0.2) is 0 Å². The van der Waals surface area contributed by atoms with Crippen LogP contribution in [0, 0.1) is 5.41 Å². The Kier molecular flexibility index (Phi) is 24.9. The second-order valence-electron chi connectivity index (χ2n) is 13.6. The van der Waals surface area contributed by atoms with Crippen LogP contribution in [0.3, 0.4) is 0 Å². The van der Waals surface area contributed by atoms with Gasteiger partial charge in [-0.15, -0.1) is 0 Å². The van der Waals surface area contributed by atoms with Crippen molar-refractivity contribution in [2.45, 2.75) is 113 Å². The van der Waals surface area contributed by atoms with Crippen molar-refractivity contribution in [2.75, 3.05) is 19.7 Å². The molecule has 0 unspecified atom stereocenters. The van der Waals surface area contributed by atoms with E-state index in [9.17, 15) is 78.3 Å². The molecule has 21 N–H and O–H groups in total. The maximum Gasteiger partial charge on any atom is 0.328 e. The van der Waals surface area contributed by atoms with Gasteiger partial charge < -0.3 is 90.4 Å². The van der Waals surface area contributed by atoms with Crippen molar-refractivity contribution in [2.24, 2.45) is 17.2 Å². The maximum absolute atomic E-state index is 13.3. The first-order valence-corrected chi connectivity index (χ1v) is 18.6. The highest BCUT2D eigenvalue weighted by Gasteiger charge is 2.35. The van der Waals surface area contributed by atoms with Crippen molar-refractivity contribution in [1.29, 1.82) is 5.41 Å². The first kappa shape index (κ1) is 55.3. The number of nitrogens with one attached hydrogen (secondary N) is 9. The third-order valence-corrected chi connectivity index (χ3v) is 8.30. The topological polar surface area (TPSA) is 507 Å². The number of rotatable bonds is 30. The number of carbonyl (C=O) groups is 11. The fourth-order valence-electron chi connectivity index (χ4n) is 5.01. The van der Waals surface area contributed by atoms with Crippen LogP contribution >= 0.6 is 0 Å². The highest BCUT2D eigenvalue weighted by molar-refractivity contribution is 5.98. The molecule has 9 atom stereocenters. The predicted molar refractivity (Wildman–Crippen MR) is 207 cm³/mol. The molecule has 350 valence electrons. The first-order chi connectivity index (χ1) is 28.8. The Bertz CT molecular complexity index is 1650. The lowest BCUT2D eigenvalue weighted by Gasteiger charge is -2.27. The van der Waals surface area contributed by atoms with E-state index in [0.29, 0.717) is 0 Å². The van der Waals surface area contributed by atoms with E-state index in [1.165, 1.54) is 0 Å². The molecule has 0 rings (SSSR count). The fraction of sp³-hybridized carbons (Fsp3) is 0.636. The second kappa shape index (κ2) is 27.9. The molecular weight excluding hydrogens is 836 g/mol. The van der Waals surface area contributed by atoms with Crippen LogP contribution in [0.2, 0.25) is 0 Å². The van der Waals surface area contributed by atoms with Crippen molar-refractivity contribution in [3.63, 3.8) is 0 Å². The summed E-state index contributed by atoms with van der Waals surface area (Å²) in [7, 11) is 0. The number of hydrogen-bond acceptors (Lipinski definition) is 16. The molecule has 29 heteroatoms. The minimum absolute atomic E-state index is 0.0683. The van der Waals surface area contributed by atoms with Crippen LogP contribution in [0.25, 0.3) is 0 Å². The number of guanidine groups is 1. The number of aliphatic hydroxyl groups excluding tert-OH is 3. The van der Waals surface area contributed by atoms with E-state index >= 15 is 0 Å². The largest absolute Gasteiger partial charge is 0.481 e. The summed E-state index contributed by atoms with van der Waals surface area (Å²) >= 11 is 0. The molecule has 29 nitrogen and oxygen atoms in total. The molecule has 0 aromatic carbocycles. The number of amides is 8. The van der Waals surface area contributed by atoms with Gasteiger partial charge in [0.25, 0.3) is 0 Å². The van der Waals surface area contributed by atoms with Crippen LogP contribution in [0.1, 0.15) is 58.8 Å². The van der Waals surface area contributed by atoms with E-state index < -0.39 is 165 Å². The van der Waals surface area contributed by atoms with Gasteiger partial charge in [-0.05, 0) is 39.5 Å². The van der Waals surface area contributed by atoms with Gasteiger partial charge >= 0.3 is 17.9 Å². The normalized spacial score (nSPS) is 15.1. The summed E-state index contributed by atoms with van der Waals surface area (Å²) in [6.07, 6.45) is -7.10. The Labute approximate surface area is 352 Å². The van der Waals surface area contributed by atoms with Crippen molar-refractivity contribution in [3.05, 3.63) is 0 Å². The van der Waals surface area contributed by atoms with Gasteiger partial charge in [-0.1, -0.05) is 0 Å². The number of carbonyl (C=O) groups excluding carboxylic acids is 8. The average molecular weight is 893 g/mol. The van der Waals surface area contributed by atoms with Gasteiger partial charge in [-0.3, -0.25) is 53.4 Å². The van der Waals surface area contributed by atoms with E-state index in [4.69, 9.17) is 27.7 Å². The highest BCUT2D eigenvalue weighted by Crippen LogP contribution is 2.07. The van der Waals surface area contributed by atoms with E-state index in [2.05, 4.69) is 37.2 Å². The van der Waals surface area contributed by atoms with E-state index in [1.807, 2.05) is 5.32 Å². The molecule has 0 aliphatic carbocycles. The Morgan fingerprint density at radius 3 is 1.47 bits per heavy atom. The molecular formula is C33H56N12O17. The van der Waals surface area contributed by atoms with Gasteiger partial charge in [0.1, 0.15) is 36.3 Å². The van der Waals surface area contributed by atoms with Crippen molar-refractivity contribution in [1.82, 2.24) is 42.5 Å². The predicted octanol–water partition coefficient (Wildman–Crippen LogP) is -8.95. The van der Waals surface area contributed by atoms with Gasteiger partial charge in [0.05, 0.1) is 31.8 Å². The fourth-order valence-corrected chi connectivity index (χ4v) is 5.01. The van der Waals surface area contributed by atoms with Crippen LogP contribution in [0.4, 0.5) is 0 Å². The summed E-state index contributed by atoms with van der Waals surface area (Å²) in [4.78, 5) is 137. The van der Waals surface area contributed by atoms with E-state index in [1.54, 1.807) is 0 Å². The SMILES string of the molecule is C[C@@H](O)[C@H](NC(=O)[C@H](CCC(=O)O)NC(=O)[C@H](CCC(=O)O)NC(=O)[C@@H](NC(=O)CNC(=O)[C@H](CC(N)=O)NC(=O)[C@H](CCCNC(=N)N)NC(=O)[C@@H](N)CO)[C@@H](C)O)C(=O)O. The van der Waals surface area contributed by atoms with Crippen LogP contribution in [-0.4, -0.2) is 176 Å². The number of primary amides is 1. The van der Waals surface area contributed by atoms with Crippen LogP contribution in [0.5, 0.6) is 0 Å². The van der Waals surface area contributed by atoms with Gasteiger partial charge in [0, 0.05) is 19.4 Å².